The van der Waals surface area contributed by atoms with E-state index in [1.165, 1.54) is 16.4 Å². The first-order chi connectivity index (χ1) is 12.4. The molecule has 1 aliphatic rings. The molecule has 140 valence electrons. The molecule has 1 fully saturated rings. The van der Waals surface area contributed by atoms with E-state index in [9.17, 15) is 22.8 Å². The van der Waals surface area contributed by atoms with Crippen molar-refractivity contribution in [2.45, 2.75) is 18.6 Å². The number of aromatic amines is 1. The number of halogens is 3. The van der Waals surface area contributed by atoms with E-state index in [0.29, 0.717) is 12.3 Å². The number of hydrogen-bond acceptors (Lipinski definition) is 7. The Balaban J connectivity index is 1.51. The van der Waals surface area contributed by atoms with Gasteiger partial charge >= 0.3 is 6.18 Å². The first-order valence-electron chi connectivity index (χ1n) is 7.45. The molecule has 1 saturated heterocycles. The number of alkyl halides is 3. The van der Waals surface area contributed by atoms with Crippen LogP contribution >= 0.6 is 11.5 Å². The minimum absolute atomic E-state index is 0.101. The number of H-pyrrole nitrogens is 1. The minimum Gasteiger partial charge on any atom is -0.467 e. The molecule has 2 N–H and O–H groups in total. The van der Waals surface area contributed by atoms with Crippen LogP contribution in [0.4, 0.5) is 13.2 Å². The van der Waals surface area contributed by atoms with Gasteiger partial charge in [-0.15, -0.1) is 0 Å². The Morgan fingerprint density at radius 1 is 1.42 bits per heavy atom. The summed E-state index contributed by atoms with van der Waals surface area (Å²) in [6, 6.07) is 1.20. The van der Waals surface area contributed by atoms with Crippen molar-refractivity contribution in [3.8, 4) is 5.88 Å². The molecule has 0 saturated carbocycles. The van der Waals surface area contributed by atoms with E-state index in [-0.39, 0.29) is 19.7 Å². The van der Waals surface area contributed by atoms with Crippen LogP contribution in [0.2, 0.25) is 0 Å². The lowest BCUT2D eigenvalue weighted by molar-refractivity contribution is -0.141. The van der Waals surface area contributed by atoms with Crippen molar-refractivity contribution in [1.29, 1.82) is 0 Å². The fourth-order valence-corrected chi connectivity index (χ4v) is 2.79. The van der Waals surface area contributed by atoms with E-state index in [4.69, 9.17) is 4.74 Å². The van der Waals surface area contributed by atoms with E-state index < -0.39 is 35.4 Å². The summed E-state index contributed by atoms with van der Waals surface area (Å²) in [6.07, 6.45) is -4.22. The molecule has 0 radical (unpaired) electrons. The van der Waals surface area contributed by atoms with Gasteiger partial charge in [0, 0.05) is 24.5 Å². The third-order valence-corrected chi connectivity index (χ3v) is 4.27. The van der Waals surface area contributed by atoms with Gasteiger partial charge in [0.15, 0.2) is 18.0 Å². The molecular weight excluding hydrogens is 377 g/mol. The second-order valence-corrected chi connectivity index (χ2v) is 6.06. The summed E-state index contributed by atoms with van der Waals surface area (Å²) in [5, 5.41) is 12.4. The van der Waals surface area contributed by atoms with E-state index in [1.807, 2.05) is 5.21 Å². The van der Waals surface area contributed by atoms with Crippen LogP contribution in [-0.4, -0.2) is 62.2 Å². The van der Waals surface area contributed by atoms with E-state index >= 15 is 0 Å². The zero-order valence-electron chi connectivity index (χ0n) is 13.1. The van der Waals surface area contributed by atoms with Crippen molar-refractivity contribution in [3.63, 3.8) is 0 Å². The van der Waals surface area contributed by atoms with E-state index in [0.717, 1.165) is 0 Å². The van der Waals surface area contributed by atoms with Crippen LogP contribution in [0.3, 0.4) is 0 Å². The number of carbonyl (C=O) groups is 2. The number of aromatic nitrogens is 4. The van der Waals surface area contributed by atoms with Gasteiger partial charge in [0.05, 0.1) is 6.04 Å². The number of hydrogen-bond donors (Lipinski definition) is 2. The number of rotatable bonds is 6. The molecule has 0 bridgehead atoms. The van der Waals surface area contributed by atoms with Crippen LogP contribution in [0.15, 0.2) is 11.4 Å². The third kappa shape index (κ3) is 3.92. The van der Waals surface area contributed by atoms with Gasteiger partial charge in [-0.25, -0.2) is 0 Å². The van der Waals surface area contributed by atoms with Gasteiger partial charge in [-0.3, -0.25) is 9.59 Å². The zero-order valence-corrected chi connectivity index (χ0v) is 13.9. The van der Waals surface area contributed by atoms with Crippen LogP contribution in [0, 0.1) is 0 Å². The zero-order chi connectivity index (χ0) is 18.7. The molecule has 1 atom stereocenters. The summed E-state index contributed by atoms with van der Waals surface area (Å²) < 4.78 is 47.5. The van der Waals surface area contributed by atoms with Crippen LogP contribution in [0.5, 0.6) is 5.88 Å². The Morgan fingerprint density at radius 3 is 2.85 bits per heavy atom. The smallest absolute Gasteiger partial charge is 0.437 e. The SMILES string of the molecule is O=C(COc1ccsn1)NCC1CCN1C(=O)c1n[nH]nc1C(F)(F)F. The molecule has 2 aromatic rings. The Bertz CT molecular complexity index is 778. The fraction of sp³-hybridized carbons (Fsp3) is 0.462. The van der Waals surface area contributed by atoms with Crippen molar-refractivity contribution < 1.29 is 27.5 Å². The Kier molecular flexibility index (Phi) is 5.06. The lowest BCUT2D eigenvalue weighted by atomic mass is 10.0. The second-order valence-electron chi connectivity index (χ2n) is 5.39. The van der Waals surface area contributed by atoms with Gasteiger partial charge in [0.25, 0.3) is 11.8 Å². The summed E-state index contributed by atoms with van der Waals surface area (Å²) in [6.45, 7) is 0.134. The van der Waals surface area contributed by atoms with Gasteiger partial charge in [-0.2, -0.15) is 33.0 Å². The molecular formula is C13H13F3N6O3S. The highest BCUT2D eigenvalue weighted by Crippen LogP contribution is 2.31. The maximum absolute atomic E-state index is 12.8. The summed E-state index contributed by atoms with van der Waals surface area (Å²) in [5.74, 6) is -0.971. The number of nitrogens with zero attached hydrogens (tertiary/aromatic N) is 4. The Hall–Kier alpha value is -2.70. The van der Waals surface area contributed by atoms with Gasteiger partial charge in [-0.05, 0) is 18.0 Å². The summed E-state index contributed by atoms with van der Waals surface area (Å²) in [4.78, 5) is 25.2. The fourth-order valence-electron chi connectivity index (χ4n) is 2.33. The first kappa shape index (κ1) is 18.1. The van der Waals surface area contributed by atoms with Gasteiger partial charge in [0.1, 0.15) is 0 Å². The monoisotopic (exact) mass is 390 g/mol. The van der Waals surface area contributed by atoms with E-state index in [1.54, 1.807) is 11.4 Å². The topological polar surface area (TPSA) is 113 Å². The molecule has 9 nitrogen and oxygen atoms in total. The summed E-state index contributed by atoms with van der Waals surface area (Å²) in [5.41, 5.74) is -2.13. The number of likely N-dealkylation sites (tertiary alicyclic amines) is 1. The van der Waals surface area contributed by atoms with Crippen LogP contribution in [-0.2, 0) is 11.0 Å². The largest absolute Gasteiger partial charge is 0.467 e. The Labute approximate surface area is 148 Å². The molecule has 3 heterocycles. The molecule has 0 spiro atoms. The lowest BCUT2D eigenvalue weighted by Gasteiger charge is -2.40. The molecule has 1 unspecified atom stereocenters. The van der Waals surface area contributed by atoms with Crippen LogP contribution in [0.25, 0.3) is 0 Å². The highest BCUT2D eigenvalue weighted by Gasteiger charge is 2.43. The number of carbonyl (C=O) groups excluding carboxylic acids is 2. The predicted molar refractivity (Wildman–Crippen MR) is 81.4 cm³/mol. The maximum Gasteiger partial charge on any atom is 0.437 e. The molecule has 2 amide bonds. The first-order valence-corrected chi connectivity index (χ1v) is 8.28. The van der Waals surface area contributed by atoms with Crippen molar-refractivity contribution in [2.75, 3.05) is 19.7 Å². The number of nitrogens with one attached hydrogen (secondary N) is 2. The average molecular weight is 390 g/mol. The number of ether oxygens (including phenoxy) is 1. The molecule has 0 aliphatic carbocycles. The van der Waals surface area contributed by atoms with Gasteiger partial charge < -0.3 is 15.0 Å². The second kappa shape index (κ2) is 7.27. The minimum atomic E-state index is -4.78. The highest BCUT2D eigenvalue weighted by atomic mass is 32.1. The van der Waals surface area contributed by atoms with Gasteiger partial charge in [0.2, 0.25) is 5.88 Å². The quantitative estimate of drug-likeness (QED) is 0.750. The van der Waals surface area contributed by atoms with Crippen LogP contribution in [0.1, 0.15) is 22.6 Å². The molecule has 26 heavy (non-hydrogen) atoms. The normalized spacial score (nSPS) is 16.9. The third-order valence-electron chi connectivity index (χ3n) is 3.72. The van der Waals surface area contributed by atoms with Crippen molar-refractivity contribution >= 4 is 23.3 Å². The summed E-state index contributed by atoms with van der Waals surface area (Å²) in [7, 11) is 0. The number of amides is 2. The van der Waals surface area contributed by atoms with Crippen molar-refractivity contribution in [1.82, 2.24) is 30.0 Å². The lowest BCUT2D eigenvalue weighted by Crippen LogP contribution is -2.56. The standard InChI is InChI=1S/C13H13F3N6O3S/c14-13(15,16)11-10(18-21-19-11)12(24)22-3-1-7(22)5-17-8(23)6-25-9-2-4-26-20-9/h2,4,7H,1,3,5-6H2,(H,17,23)(H,18,19,21). The van der Waals surface area contributed by atoms with E-state index in [2.05, 4.69) is 19.9 Å². The van der Waals surface area contributed by atoms with Gasteiger partial charge in [-0.1, -0.05) is 0 Å². The maximum atomic E-state index is 12.8. The summed E-state index contributed by atoms with van der Waals surface area (Å²) >= 11 is 1.18. The Morgan fingerprint density at radius 2 is 2.23 bits per heavy atom. The molecule has 13 heteroatoms. The molecule has 3 rings (SSSR count). The molecule has 2 aromatic heterocycles. The predicted octanol–water partition coefficient (Wildman–Crippen LogP) is 0.690. The highest BCUT2D eigenvalue weighted by molar-refractivity contribution is 7.03. The van der Waals surface area contributed by atoms with Crippen LogP contribution < -0.4 is 10.1 Å². The molecule has 1 aliphatic heterocycles. The molecule has 0 aromatic carbocycles. The van der Waals surface area contributed by atoms with Crippen molar-refractivity contribution in [3.05, 3.63) is 22.8 Å². The van der Waals surface area contributed by atoms with Crippen molar-refractivity contribution in [2.24, 2.45) is 0 Å². The average Bonchev–Trinajstić information content (AvgIpc) is 3.22.